The maximum atomic E-state index is 14.3. The molecule has 0 saturated carbocycles. The summed E-state index contributed by atoms with van der Waals surface area (Å²) < 4.78 is 14.3. The van der Waals surface area contributed by atoms with E-state index in [2.05, 4.69) is 19.9 Å². The van der Waals surface area contributed by atoms with Gasteiger partial charge in [-0.05, 0) is 61.2 Å². The molecule has 0 bridgehead atoms. The van der Waals surface area contributed by atoms with Crippen molar-refractivity contribution in [2.45, 2.75) is 19.4 Å². The van der Waals surface area contributed by atoms with Gasteiger partial charge in [-0.2, -0.15) is 0 Å². The summed E-state index contributed by atoms with van der Waals surface area (Å²) in [6.45, 7) is 2.66. The number of benzene rings is 1. The minimum Gasteiger partial charge on any atom is -0.396 e. The van der Waals surface area contributed by atoms with Crippen LogP contribution in [0, 0.1) is 11.7 Å². The number of aliphatic hydroxyl groups is 1. The van der Waals surface area contributed by atoms with Crippen LogP contribution in [0.3, 0.4) is 0 Å². The molecule has 2 aromatic heterocycles. The van der Waals surface area contributed by atoms with Crippen molar-refractivity contribution in [3.05, 3.63) is 48.0 Å². The normalized spacial score (nSPS) is 18.1. The number of rotatable bonds is 4. The summed E-state index contributed by atoms with van der Waals surface area (Å²) in [6, 6.07) is 8.63. The monoisotopic (exact) mass is 367 g/mol. The van der Waals surface area contributed by atoms with Gasteiger partial charge in [-0.25, -0.2) is 19.3 Å². The van der Waals surface area contributed by atoms with E-state index < -0.39 is 0 Å². The molecule has 4 rings (SSSR count). The smallest absolute Gasteiger partial charge is 0.153 e. The van der Waals surface area contributed by atoms with Gasteiger partial charge in [-0.15, -0.1) is 0 Å². The van der Waals surface area contributed by atoms with Crippen LogP contribution in [-0.4, -0.2) is 44.7 Å². The topological polar surface area (TPSA) is 88.2 Å². The highest BCUT2D eigenvalue weighted by Crippen LogP contribution is 2.25. The maximum Gasteiger partial charge on any atom is 0.153 e. The number of nitrogen functional groups attached to an aromatic ring is 1. The average Bonchev–Trinajstić information content (AvgIpc) is 2.68. The molecule has 1 fully saturated rings. The highest BCUT2D eigenvalue weighted by molar-refractivity contribution is 5.85. The molecule has 0 aliphatic carbocycles. The third kappa shape index (κ3) is 3.89. The zero-order chi connectivity index (χ0) is 18.8. The lowest BCUT2D eigenvalue weighted by Crippen LogP contribution is -2.36. The van der Waals surface area contributed by atoms with Crippen LogP contribution in [0.1, 0.15) is 18.4 Å². The van der Waals surface area contributed by atoms with E-state index in [4.69, 9.17) is 5.73 Å². The maximum absolute atomic E-state index is 14.3. The van der Waals surface area contributed by atoms with E-state index in [1.807, 2.05) is 18.2 Å². The molecule has 1 aliphatic rings. The predicted octanol–water partition coefficient (Wildman–Crippen LogP) is 2.62. The lowest BCUT2D eigenvalue weighted by Gasteiger charge is -2.31. The minimum absolute atomic E-state index is 0.204. The number of pyridine rings is 1. The molecule has 0 radical (unpaired) electrons. The van der Waals surface area contributed by atoms with Crippen molar-refractivity contribution in [1.29, 1.82) is 0 Å². The van der Waals surface area contributed by atoms with E-state index in [1.165, 1.54) is 12.4 Å². The van der Waals surface area contributed by atoms with Crippen LogP contribution >= 0.6 is 0 Å². The zero-order valence-corrected chi connectivity index (χ0v) is 15.0. The van der Waals surface area contributed by atoms with Crippen LogP contribution in [-0.2, 0) is 6.54 Å². The number of fused-ring (bicyclic) bond motifs is 1. The summed E-state index contributed by atoms with van der Waals surface area (Å²) in [5, 5.41) is 9.41. The second-order valence-electron chi connectivity index (χ2n) is 7.10. The molecule has 0 spiro atoms. The summed E-state index contributed by atoms with van der Waals surface area (Å²) in [7, 11) is 0. The van der Waals surface area contributed by atoms with Crippen LogP contribution in [0.4, 0.5) is 10.2 Å². The molecular formula is C20H22FN5O. The molecule has 1 aliphatic heterocycles. The van der Waals surface area contributed by atoms with Crippen LogP contribution in [0.2, 0.25) is 0 Å². The Morgan fingerprint density at radius 2 is 2.11 bits per heavy atom. The molecule has 3 N–H and O–H groups in total. The number of hydrogen-bond acceptors (Lipinski definition) is 6. The fraction of sp³-hybridized carbons (Fsp3) is 0.350. The van der Waals surface area contributed by atoms with Gasteiger partial charge in [0.05, 0.1) is 11.2 Å². The van der Waals surface area contributed by atoms with E-state index in [9.17, 15) is 9.50 Å². The molecule has 1 aromatic carbocycles. The lowest BCUT2D eigenvalue weighted by atomic mass is 9.98. The first-order valence-corrected chi connectivity index (χ1v) is 9.12. The summed E-state index contributed by atoms with van der Waals surface area (Å²) in [5.74, 6) is 0.316. The fourth-order valence-electron chi connectivity index (χ4n) is 3.71. The minimum atomic E-state index is -0.294. The molecule has 1 unspecified atom stereocenters. The van der Waals surface area contributed by atoms with Gasteiger partial charge in [0.1, 0.15) is 17.7 Å². The van der Waals surface area contributed by atoms with Crippen LogP contribution in [0.15, 0.2) is 36.7 Å². The number of nitrogens with two attached hydrogens (primary N) is 1. The number of halogens is 1. The molecule has 3 aromatic rings. The van der Waals surface area contributed by atoms with Crippen molar-refractivity contribution in [1.82, 2.24) is 19.9 Å². The van der Waals surface area contributed by atoms with Crippen LogP contribution in [0.5, 0.6) is 0 Å². The third-order valence-electron chi connectivity index (χ3n) is 5.03. The Morgan fingerprint density at radius 3 is 2.96 bits per heavy atom. The van der Waals surface area contributed by atoms with E-state index in [0.717, 1.165) is 31.5 Å². The second-order valence-corrected chi connectivity index (χ2v) is 7.10. The summed E-state index contributed by atoms with van der Waals surface area (Å²) in [6.07, 6.45) is 3.50. The molecule has 1 atom stereocenters. The quantitative estimate of drug-likeness (QED) is 0.737. The Bertz CT molecular complexity index is 964. The number of aliphatic hydroxyl groups excluding tert-OH is 1. The summed E-state index contributed by atoms with van der Waals surface area (Å²) >= 11 is 0. The second kappa shape index (κ2) is 7.54. The van der Waals surface area contributed by atoms with E-state index in [0.29, 0.717) is 40.6 Å². The van der Waals surface area contributed by atoms with E-state index >= 15 is 0 Å². The highest BCUT2D eigenvalue weighted by atomic mass is 19.1. The van der Waals surface area contributed by atoms with Gasteiger partial charge < -0.3 is 10.8 Å². The molecule has 140 valence electrons. The van der Waals surface area contributed by atoms with Crippen molar-refractivity contribution in [2.24, 2.45) is 5.92 Å². The van der Waals surface area contributed by atoms with Gasteiger partial charge >= 0.3 is 0 Å². The summed E-state index contributed by atoms with van der Waals surface area (Å²) in [4.78, 5) is 14.9. The highest BCUT2D eigenvalue weighted by Gasteiger charge is 2.19. The largest absolute Gasteiger partial charge is 0.396 e. The number of anilines is 1. The molecule has 7 heteroatoms. The Labute approximate surface area is 156 Å². The Balaban J connectivity index is 1.63. The van der Waals surface area contributed by atoms with Gasteiger partial charge in [-0.1, -0.05) is 0 Å². The standard InChI is InChI=1S/C20H22FN5O/c21-16-7-14(10-26-5-1-2-13(9-26)11-27)6-15(8-16)17-3-4-18-19(25-17)20(22)24-12-23-18/h3-4,6-8,12-13,27H,1-2,5,9-11H2,(H2,22,23,24). The van der Waals surface area contributed by atoms with Gasteiger partial charge in [0.2, 0.25) is 0 Å². The van der Waals surface area contributed by atoms with E-state index in [-0.39, 0.29) is 12.4 Å². The SMILES string of the molecule is Nc1ncnc2ccc(-c3cc(F)cc(CN4CCCC(CO)C4)c3)nc12. The Kier molecular flexibility index (Phi) is 4.96. The first-order valence-electron chi connectivity index (χ1n) is 9.12. The van der Waals surface area contributed by atoms with Crippen molar-refractivity contribution < 1.29 is 9.50 Å². The average molecular weight is 367 g/mol. The molecule has 3 heterocycles. The third-order valence-corrected chi connectivity index (χ3v) is 5.03. The van der Waals surface area contributed by atoms with Gasteiger partial charge in [-0.3, -0.25) is 4.90 Å². The number of nitrogens with zero attached hydrogens (tertiary/aromatic N) is 4. The number of piperidine rings is 1. The first-order chi connectivity index (χ1) is 13.1. The Hall–Kier alpha value is -2.64. The first kappa shape index (κ1) is 17.8. The molecule has 1 saturated heterocycles. The predicted molar refractivity (Wildman–Crippen MR) is 102 cm³/mol. The number of likely N-dealkylation sites (tertiary alicyclic amines) is 1. The van der Waals surface area contributed by atoms with Crippen molar-refractivity contribution in [3.8, 4) is 11.3 Å². The fourth-order valence-corrected chi connectivity index (χ4v) is 3.71. The van der Waals surface area contributed by atoms with E-state index in [1.54, 1.807) is 6.07 Å². The van der Waals surface area contributed by atoms with Crippen molar-refractivity contribution >= 4 is 16.9 Å². The number of hydrogen-bond donors (Lipinski definition) is 2. The zero-order valence-electron chi connectivity index (χ0n) is 15.0. The van der Waals surface area contributed by atoms with Gasteiger partial charge in [0.25, 0.3) is 0 Å². The molecule has 6 nitrogen and oxygen atoms in total. The van der Waals surface area contributed by atoms with Gasteiger partial charge in [0, 0.05) is 25.3 Å². The molecule has 27 heavy (non-hydrogen) atoms. The van der Waals surface area contributed by atoms with Crippen LogP contribution < -0.4 is 5.73 Å². The number of aromatic nitrogens is 3. The Morgan fingerprint density at radius 1 is 1.22 bits per heavy atom. The van der Waals surface area contributed by atoms with Gasteiger partial charge in [0.15, 0.2) is 5.82 Å². The molecule has 0 amide bonds. The van der Waals surface area contributed by atoms with Crippen molar-refractivity contribution in [3.63, 3.8) is 0 Å². The van der Waals surface area contributed by atoms with Crippen molar-refractivity contribution in [2.75, 3.05) is 25.4 Å². The molecular weight excluding hydrogens is 345 g/mol. The lowest BCUT2D eigenvalue weighted by molar-refractivity contribution is 0.116. The van der Waals surface area contributed by atoms with Crippen LogP contribution in [0.25, 0.3) is 22.3 Å². The summed E-state index contributed by atoms with van der Waals surface area (Å²) in [5.41, 5.74) is 9.30.